The second kappa shape index (κ2) is 5.71. The topological polar surface area (TPSA) is 80.0 Å². The number of furan rings is 1. The van der Waals surface area contributed by atoms with Crippen molar-refractivity contribution >= 4 is 22.8 Å². The van der Waals surface area contributed by atoms with E-state index in [4.69, 9.17) is 14.3 Å². The van der Waals surface area contributed by atoms with E-state index in [2.05, 4.69) is 0 Å². The molecule has 1 aliphatic heterocycles. The average molecular weight is 303 g/mol. The van der Waals surface area contributed by atoms with Gasteiger partial charge in [-0.15, -0.1) is 0 Å². The molecule has 1 saturated heterocycles. The number of hydrogen-bond acceptors (Lipinski definition) is 4. The van der Waals surface area contributed by atoms with E-state index in [1.54, 1.807) is 24.1 Å². The van der Waals surface area contributed by atoms with E-state index in [-0.39, 0.29) is 18.2 Å². The Balaban J connectivity index is 1.87. The lowest BCUT2D eigenvalue weighted by atomic mass is 9.98. The number of carboxylic acid groups (broad SMARTS) is 1. The third kappa shape index (κ3) is 2.52. The van der Waals surface area contributed by atoms with Crippen molar-refractivity contribution in [2.45, 2.75) is 12.8 Å². The number of amides is 1. The number of carboxylic acids is 1. The molecule has 0 bridgehead atoms. The number of aliphatic carboxylic acids is 1. The number of benzene rings is 1. The maximum Gasteiger partial charge on any atom is 0.308 e. The van der Waals surface area contributed by atoms with Crippen LogP contribution in [-0.4, -0.2) is 42.1 Å². The van der Waals surface area contributed by atoms with Gasteiger partial charge in [0.05, 0.1) is 13.0 Å². The van der Waals surface area contributed by atoms with Gasteiger partial charge in [0.2, 0.25) is 0 Å². The normalized spacial score (nSPS) is 18.4. The predicted molar refractivity (Wildman–Crippen MR) is 79.0 cm³/mol. The van der Waals surface area contributed by atoms with Crippen LogP contribution in [0.4, 0.5) is 0 Å². The Labute approximate surface area is 127 Å². The molecule has 6 nitrogen and oxygen atoms in total. The molecule has 116 valence electrons. The van der Waals surface area contributed by atoms with E-state index < -0.39 is 11.9 Å². The maximum atomic E-state index is 12.5. The zero-order valence-corrected chi connectivity index (χ0v) is 12.2. The molecule has 1 amide bonds. The lowest BCUT2D eigenvalue weighted by Crippen LogP contribution is -2.42. The molecule has 0 saturated carbocycles. The summed E-state index contributed by atoms with van der Waals surface area (Å²) in [6.45, 7) is 0.777. The van der Waals surface area contributed by atoms with Gasteiger partial charge in [-0.05, 0) is 25.0 Å². The first-order valence-corrected chi connectivity index (χ1v) is 7.19. The highest BCUT2D eigenvalue weighted by atomic mass is 16.5. The number of carbonyl (C=O) groups is 2. The van der Waals surface area contributed by atoms with Gasteiger partial charge in [0.15, 0.2) is 17.1 Å². The molecule has 1 fully saturated rings. The number of para-hydroxylation sites is 1. The molecule has 0 radical (unpaired) electrons. The fourth-order valence-electron chi connectivity index (χ4n) is 2.82. The quantitative estimate of drug-likeness (QED) is 0.941. The minimum absolute atomic E-state index is 0.213. The summed E-state index contributed by atoms with van der Waals surface area (Å²) < 4.78 is 10.9. The number of fused-ring (bicyclic) bond motifs is 1. The van der Waals surface area contributed by atoms with Crippen LogP contribution < -0.4 is 4.74 Å². The number of hydrogen-bond donors (Lipinski definition) is 1. The standard InChI is InChI=1S/C16H17NO5/c1-21-12-6-2-4-10-8-13(22-14(10)12)15(18)17-7-3-5-11(9-17)16(19)20/h2,4,6,8,11H,3,5,7,9H2,1H3,(H,19,20)/t11-/m1/s1. The minimum atomic E-state index is -0.858. The lowest BCUT2D eigenvalue weighted by molar-refractivity contribution is -0.143. The number of ether oxygens (including phenoxy) is 1. The molecular formula is C16H17NO5. The van der Waals surface area contributed by atoms with Crippen molar-refractivity contribution < 1.29 is 23.8 Å². The summed E-state index contributed by atoms with van der Waals surface area (Å²) in [7, 11) is 1.54. The first-order chi connectivity index (χ1) is 10.6. The van der Waals surface area contributed by atoms with Gasteiger partial charge in [-0.25, -0.2) is 0 Å². The first kappa shape index (κ1) is 14.4. The molecule has 0 spiro atoms. The molecule has 1 aromatic heterocycles. The van der Waals surface area contributed by atoms with Crippen LogP contribution >= 0.6 is 0 Å². The molecule has 1 aliphatic rings. The molecule has 22 heavy (non-hydrogen) atoms. The molecule has 3 rings (SSSR count). The predicted octanol–water partition coefficient (Wildman–Crippen LogP) is 2.38. The number of methoxy groups -OCH3 is 1. The Kier molecular flexibility index (Phi) is 3.75. The van der Waals surface area contributed by atoms with Gasteiger partial charge >= 0.3 is 5.97 Å². The number of carbonyl (C=O) groups excluding carboxylic acids is 1. The number of piperidine rings is 1. The summed E-state index contributed by atoms with van der Waals surface area (Å²) in [5.41, 5.74) is 0.528. The Morgan fingerprint density at radius 1 is 1.41 bits per heavy atom. The van der Waals surface area contributed by atoms with Crippen LogP contribution in [-0.2, 0) is 4.79 Å². The summed E-state index contributed by atoms with van der Waals surface area (Å²) in [4.78, 5) is 25.2. The Hall–Kier alpha value is -2.50. The van der Waals surface area contributed by atoms with Crippen LogP contribution in [0.5, 0.6) is 5.75 Å². The fourth-order valence-corrected chi connectivity index (χ4v) is 2.82. The molecule has 1 atom stereocenters. The lowest BCUT2D eigenvalue weighted by Gasteiger charge is -2.29. The summed E-state index contributed by atoms with van der Waals surface area (Å²) >= 11 is 0. The first-order valence-electron chi connectivity index (χ1n) is 7.19. The second-order valence-electron chi connectivity index (χ2n) is 5.42. The molecule has 2 aromatic rings. The highest BCUT2D eigenvalue weighted by Gasteiger charge is 2.30. The van der Waals surface area contributed by atoms with Crippen LogP contribution in [0.15, 0.2) is 28.7 Å². The number of rotatable bonds is 3. The molecule has 6 heteroatoms. The van der Waals surface area contributed by atoms with Crippen molar-refractivity contribution in [1.29, 1.82) is 0 Å². The van der Waals surface area contributed by atoms with E-state index in [9.17, 15) is 9.59 Å². The zero-order chi connectivity index (χ0) is 15.7. The van der Waals surface area contributed by atoms with Crippen molar-refractivity contribution in [3.63, 3.8) is 0 Å². The van der Waals surface area contributed by atoms with E-state index in [0.717, 1.165) is 5.39 Å². The van der Waals surface area contributed by atoms with Crippen LogP contribution in [0.25, 0.3) is 11.0 Å². The van der Waals surface area contributed by atoms with Crippen molar-refractivity contribution in [3.05, 3.63) is 30.0 Å². The van der Waals surface area contributed by atoms with E-state index in [1.165, 1.54) is 0 Å². The molecule has 1 N–H and O–H groups in total. The van der Waals surface area contributed by atoms with Gasteiger partial charge in [0.1, 0.15) is 0 Å². The summed E-state index contributed by atoms with van der Waals surface area (Å²) in [6.07, 6.45) is 1.29. The van der Waals surface area contributed by atoms with Crippen molar-refractivity contribution in [3.8, 4) is 5.75 Å². The average Bonchev–Trinajstić information content (AvgIpc) is 2.98. The Morgan fingerprint density at radius 3 is 2.95 bits per heavy atom. The summed E-state index contributed by atoms with van der Waals surface area (Å²) in [5.74, 6) is -0.853. The van der Waals surface area contributed by atoms with Gasteiger partial charge < -0.3 is 19.2 Å². The van der Waals surface area contributed by atoms with Gasteiger partial charge in [0.25, 0.3) is 5.91 Å². The molecule has 0 unspecified atom stereocenters. The van der Waals surface area contributed by atoms with Gasteiger partial charge in [-0.3, -0.25) is 9.59 Å². The van der Waals surface area contributed by atoms with Crippen molar-refractivity contribution in [1.82, 2.24) is 4.90 Å². The van der Waals surface area contributed by atoms with E-state index >= 15 is 0 Å². The highest BCUT2D eigenvalue weighted by Crippen LogP contribution is 2.29. The third-order valence-corrected chi connectivity index (χ3v) is 4.00. The fraction of sp³-hybridized carbons (Fsp3) is 0.375. The van der Waals surface area contributed by atoms with E-state index in [0.29, 0.717) is 30.7 Å². The smallest absolute Gasteiger partial charge is 0.308 e. The molecule has 1 aromatic carbocycles. The second-order valence-corrected chi connectivity index (χ2v) is 5.42. The SMILES string of the molecule is COc1cccc2cc(C(=O)N3CCC[C@@H](C(=O)O)C3)oc12. The van der Waals surface area contributed by atoms with Crippen molar-refractivity contribution in [2.75, 3.05) is 20.2 Å². The summed E-state index contributed by atoms with van der Waals surface area (Å²) in [5, 5.41) is 9.90. The summed E-state index contributed by atoms with van der Waals surface area (Å²) in [6, 6.07) is 7.10. The Morgan fingerprint density at radius 2 is 2.23 bits per heavy atom. The van der Waals surface area contributed by atoms with Crippen LogP contribution in [0.2, 0.25) is 0 Å². The molecule has 2 heterocycles. The Bertz CT molecular complexity index is 720. The van der Waals surface area contributed by atoms with Crippen molar-refractivity contribution in [2.24, 2.45) is 5.92 Å². The van der Waals surface area contributed by atoms with Gasteiger partial charge in [-0.2, -0.15) is 0 Å². The van der Waals surface area contributed by atoms with Crippen LogP contribution in [0.3, 0.4) is 0 Å². The monoisotopic (exact) mass is 303 g/mol. The zero-order valence-electron chi connectivity index (χ0n) is 12.2. The van der Waals surface area contributed by atoms with Crippen LogP contribution in [0, 0.1) is 5.92 Å². The minimum Gasteiger partial charge on any atom is -0.493 e. The number of nitrogens with zero attached hydrogens (tertiary/aromatic N) is 1. The third-order valence-electron chi connectivity index (χ3n) is 4.00. The number of likely N-dealkylation sites (tertiary alicyclic amines) is 1. The maximum absolute atomic E-state index is 12.5. The van der Waals surface area contributed by atoms with Crippen LogP contribution in [0.1, 0.15) is 23.4 Å². The molecular weight excluding hydrogens is 286 g/mol. The van der Waals surface area contributed by atoms with Gasteiger partial charge in [0, 0.05) is 18.5 Å². The largest absolute Gasteiger partial charge is 0.493 e. The van der Waals surface area contributed by atoms with E-state index in [1.807, 2.05) is 12.1 Å². The van der Waals surface area contributed by atoms with Gasteiger partial charge in [-0.1, -0.05) is 12.1 Å². The molecule has 0 aliphatic carbocycles. The highest BCUT2D eigenvalue weighted by molar-refractivity contribution is 5.97.